The summed E-state index contributed by atoms with van der Waals surface area (Å²) in [5, 5.41) is 9.07. The van der Waals surface area contributed by atoms with E-state index in [0.717, 1.165) is 22.8 Å². The van der Waals surface area contributed by atoms with Crippen molar-refractivity contribution in [3.05, 3.63) is 54.7 Å². The molecule has 0 fully saturated rings. The van der Waals surface area contributed by atoms with Gasteiger partial charge in [-0.2, -0.15) is 4.98 Å². The SMILES string of the molecule is CC(=O)Nc1ccc(Nc2nccc(Nc3ccc4c(c3)OCO4)n2)cc1. The normalized spacial score (nSPS) is 11.7. The van der Waals surface area contributed by atoms with Crippen molar-refractivity contribution in [2.24, 2.45) is 0 Å². The molecular weight excluding hydrogens is 346 g/mol. The molecule has 0 radical (unpaired) electrons. The molecule has 3 N–H and O–H groups in total. The van der Waals surface area contributed by atoms with Gasteiger partial charge in [-0.1, -0.05) is 0 Å². The Kier molecular flexibility index (Phi) is 4.44. The van der Waals surface area contributed by atoms with Gasteiger partial charge in [-0.05, 0) is 42.5 Å². The van der Waals surface area contributed by atoms with Gasteiger partial charge in [0.15, 0.2) is 11.5 Å². The van der Waals surface area contributed by atoms with Gasteiger partial charge in [0.25, 0.3) is 0 Å². The monoisotopic (exact) mass is 363 g/mol. The second-order valence-corrected chi connectivity index (χ2v) is 5.84. The van der Waals surface area contributed by atoms with Crippen LogP contribution in [0.5, 0.6) is 11.5 Å². The standard InChI is InChI=1S/C19H17N5O3/c1-12(25)21-13-2-4-14(5-3-13)23-19-20-9-8-18(24-19)22-15-6-7-16-17(10-15)27-11-26-16/h2-10H,11H2,1H3,(H,21,25)(H2,20,22,23,24). The van der Waals surface area contributed by atoms with E-state index in [0.29, 0.717) is 17.5 Å². The summed E-state index contributed by atoms with van der Waals surface area (Å²) in [7, 11) is 0. The molecule has 136 valence electrons. The Morgan fingerprint density at radius 2 is 1.67 bits per heavy atom. The quantitative estimate of drug-likeness (QED) is 0.636. The molecule has 0 bridgehead atoms. The first-order chi connectivity index (χ1) is 13.2. The van der Waals surface area contributed by atoms with Crippen LogP contribution in [0.15, 0.2) is 54.7 Å². The topological polar surface area (TPSA) is 97.4 Å². The van der Waals surface area contributed by atoms with Crippen LogP contribution in [0.1, 0.15) is 6.92 Å². The smallest absolute Gasteiger partial charge is 0.231 e. The van der Waals surface area contributed by atoms with Crippen molar-refractivity contribution in [1.82, 2.24) is 9.97 Å². The number of nitrogens with one attached hydrogen (secondary N) is 3. The lowest BCUT2D eigenvalue weighted by molar-refractivity contribution is -0.114. The highest BCUT2D eigenvalue weighted by molar-refractivity contribution is 5.88. The Morgan fingerprint density at radius 3 is 2.48 bits per heavy atom. The van der Waals surface area contributed by atoms with Crippen LogP contribution < -0.4 is 25.4 Å². The molecule has 0 saturated carbocycles. The molecule has 3 aromatic rings. The van der Waals surface area contributed by atoms with E-state index in [2.05, 4.69) is 25.9 Å². The van der Waals surface area contributed by atoms with Gasteiger partial charge in [0, 0.05) is 36.2 Å². The molecule has 1 aliphatic rings. The van der Waals surface area contributed by atoms with Crippen LogP contribution >= 0.6 is 0 Å². The van der Waals surface area contributed by atoms with E-state index in [9.17, 15) is 4.79 Å². The van der Waals surface area contributed by atoms with Crippen molar-refractivity contribution in [3.8, 4) is 11.5 Å². The van der Waals surface area contributed by atoms with Crippen molar-refractivity contribution >= 4 is 34.7 Å². The number of hydrogen-bond donors (Lipinski definition) is 3. The molecular formula is C19H17N5O3. The van der Waals surface area contributed by atoms with Gasteiger partial charge in [0.05, 0.1) is 0 Å². The summed E-state index contributed by atoms with van der Waals surface area (Å²) in [5.41, 5.74) is 2.38. The van der Waals surface area contributed by atoms with Crippen LogP contribution in [0.4, 0.5) is 28.8 Å². The third-order valence-corrected chi connectivity index (χ3v) is 3.76. The fourth-order valence-electron chi connectivity index (χ4n) is 2.58. The molecule has 2 heterocycles. The van der Waals surface area contributed by atoms with Crippen LogP contribution in [-0.4, -0.2) is 22.7 Å². The van der Waals surface area contributed by atoms with Crippen molar-refractivity contribution in [2.45, 2.75) is 6.92 Å². The van der Waals surface area contributed by atoms with Crippen LogP contribution in [0.25, 0.3) is 0 Å². The zero-order valence-corrected chi connectivity index (χ0v) is 14.5. The zero-order valence-electron chi connectivity index (χ0n) is 14.5. The minimum absolute atomic E-state index is 0.110. The summed E-state index contributed by atoms with van der Waals surface area (Å²) in [6.07, 6.45) is 1.66. The Labute approximate surface area is 155 Å². The molecule has 1 aliphatic heterocycles. The average molecular weight is 363 g/mol. The van der Waals surface area contributed by atoms with Gasteiger partial charge in [0.1, 0.15) is 5.82 Å². The lowest BCUT2D eigenvalue weighted by Gasteiger charge is -2.09. The predicted molar refractivity (Wildman–Crippen MR) is 102 cm³/mol. The molecule has 4 rings (SSSR count). The van der Waals surface area contributed by atoms with E-state index in [4.69, 9.17) is 9.47 Å². The van der Waals surface area contributed by atoms with Gasteiger partial charge in [0.2, 0.25) is 18.6 Å². The maximum atomic E-state index is 11.1. The van der Waals surface area contributed by atoms with Crippen molar-refractivity contribution < 1.29 is 14.3 Å². The number of amides is 1. The van der Waals surface area contributed by atoms with Crippen LogP contribution in [0.2, 0.25) is 0 Å². The molecule has 0 saturated heterocycles. The van der Waals surface area contributed by atoms with E-state index in [-0.39, 0.29) is 12.7 Å². The number of ether oxygens (including phenoxy) is 2. The number of carbonyl (C=O) groups is 1. The molecule has 0 spiro atoms. The first kappa shape index (κ1) is 16.6. The third-order valence-electron chi connectivity index (χ3n) is 3.76. The second kappa shape index (κ2) is 7.20. The van der Waals surface area contributed by atoms with Crippen LogP contribution in [0.3, 0.4) is 0 Å². The highest BCUT2D eigenvalue weighted by atomic mass is 16.7. The fourth-order valence-corrected chi connectivity index (χ4v) is 2.58. The summed E-state index contributed by atoms with van der Waals surface area (Å²) in [4.78, 5) is 19.8. The number of benzene rings is 2. The Morgan fingerprint density at radius 1 is 0.926 bits per heavy atom. The Hall–Kier alpha value is -3.81. The summed E-state index contributed by atoms with van der Waals surface area (Å²) < 4.78 is 10.7. The Balaban J connectivity index is 1.45. The first-order valence-electron chi connectivity index (χ1n) is 8.30. The van der Waals surface area contributed by atoms with Crippen LogP contribution in [0, 0.1) is 0 Å². The van der Waals surface area contributed by atoms with E-state index in [1.54, 1.807) is 24.4 Å². The summed E-state index contributed by atoms with van der Waals surface area (Å²) in [5.74, 6) is 2.41. The summed E-state index contributed by atoms with van der Waals surface area (Å²) in [6, 6.07) is 14.7. The van der Waals surface area contributed by atoms with Crippen molar-refractivity contribution in [3.63, 3.8) is 0 Å². The van der Waals surface area contributed by atoms with Gasteiger partial charge >= 0.3 is 0 Å². The number of rotatable bonds is 5. The minimum Gasteiger partial charge on any atom is -0.454 e. The highest BCUT2D eigenvalue weighted by Gasteiger charge is 2.13. The molecule has 0 unspecified atom stereocenters. The van der Waals surface area contributed by atoms with Crippen molar-refractivity contribution in [1.29, 1.82) is 0 Å². The molecule has 27 heavy (non-hydrogen) atoms. The minimum atomic E-state index is -0.110. The zero-order chi connectivity index (χ0) is 18.6. The predicted octanol–water partition coefficient (Wildman–Crippen LogP) is 3.65. The second-order valence-electron chi connectivity index (χ2n) is 5.84. The van der Waals surface area contributed by atoms with E-state index in [1.165, 1.54) is 6.92 Å². The first-order valence-corrected chi connectivity index (χ1v) is 8.30. The number of hydrogen-bond acceptors (Lipinski definition) is 7. The number of fused-ring (bicyclic) bond motifs is 1. The van der Waals surface area contributed by atoms with Gasteiger partial charge in [-0.25, -0.2) is 4.98 Å². The lowest BCUT2D eigenvalue weighted by Crippen LogP contribution is -2.05. The largest absolute Gasteiger partial charge is 0.454 e. The molecule has 8 nitrogen and oxygen atoms in total. The molecule has 0 atom stereocenters. The highest BCUT2D eigenvalue weighted by Crippen LogP contribution is 2.35. The number of carbonyl (C=O) groups excluding carboxylic acids is 1. The molecule has 1 aromatic heterocycles. The van der Waals surface area contributed by atoms with E-state index < -0.39 is 0 Å². The van der Waals surface area contributed by atoms with Crippen molar-refractivity contribution in [2.75, 3.05) is 22.7 Å². The van der Waals surface area contributed by atoms with Gasteiger partial charge in [-0.3, -0.25) is 4.79 Å². The van der Waals surface area contributed by atoms with E-state index in [1.807, 2.05) is 30.3 Å². The van der Waals surface area contributed by atoms with E-state index >= 15 is 0 Å². The number of aromatic nitrogens is 2. The maximum Gasteiger partial charge on any atom is 0.231 e. The number of anilines is 5. The maximum absolute atomic E-state index is 11.1. The molecule has 1 amide bonds. The number of nitrogens with zero attached hydrogens (tertiary/aromatic N) is 2. The van der Waals surface area contributed by atoms with Gasteiger partial charge < -0.3 is 25.4 Å². The summed E-state index contributed by atoms with van der Waals surface area (Å²) in [6.45, 7) is 1.71. The average Bonchev–Trinajstić information content (AvgIpc) is 3.11. The van der Waals surface area contributed by atoms with Crippen LogP contribution in [-0.2, 0) is 4.79 Å². The lowest BCUT2D eigenvalue weighted by atomic mass is 10.2. The fraction of sp³-hybridized carbons (Fsp3) is 0.105. The summed E-state index contributed by atoms with van der Waals surface area (Å²) >= 11 is 0. The Bertz CT molecular complexity index is 975. The molecule has 0 aliphatic carbocycles. The van der Waals surface area contributed by atoms with Gasteiger partial charge in [-0.15, -0.1) is 0 Å². The molecule has 2 aromatic carbocycles. The molecule has 8 heteroatoms. The third kappa shape index (κ3) is 4.06.